The van der Waals surface area contributed by atoms with Crippen LogP contribution in [0.25, 0.3) is 32.7 Å². The molecule has 2 aliphatic rings. The van der Waals surface area contributed by atoms with Crippen LogP contribution in [0.15, 0.2) is 72.8 Å². The average molecular weight is 447 g/mol. The van der Waals surface area contributed by atoms with Crippen LogP contribution in [0.3, 0.4) is 0 Å². The van der Waals surface area contributed by atoms with Gasteiger partial charge in [-0.25, -0.2) is 5.09 Å². The highest BCUT2D eigenvalue weighted by molar-refractivity contribution is 8.09. The molecule has 0 saturated carbocycles. The Bertz CT molecular complexity index is 1260. The SMILES string of the molecule is S=P1(NC[C@H]2CCCN2)Oc2ccc3ccccc3c2-c2c(ccc3ccccc23)O1. The zero-order chi connectivity index (χ0) is 20.8. The Morgan fingerprint density at radius 1 is 0.839 bits per heavy atom. The van der Waals surface area contributed by atoms with E-state index in [4.69, 9.17) is 20.9 Å². The molecular formula is C25H23N2O2PS. The van der Waals surface area contributed by atoms with Crippen LogP contribution in [0.5, 0.6) is 11.5 Å². The van der Waals surface area contributed by atoms with Crippen molar-refractivity contribution in [2.24, 2.45) is 0 Å². The molecule has 0 spiro atoms. The minimum atomic E-state index is -2.79. The quantitative estimate of drug-likeness (QED) is 0.378. The molecule has 6 rings (SSSR count). The highest BCUT2D eigenvalue weighted by Gasteiger charge is 2.32. The summed E-state index contributed by atoms with van der Waals surface area (Å²) in [6.45, 7) is -0.991. The molecule has 2 N–H and O–H groups in total. The van der Waals surface area contributed by atoms with Crippen LogP contribution < -0.4 is 19.5 Å². The fourth-order valence-electron chi connectivity index (χ4n) is 4.67. The number of fused-ring (bicyclic) bond motifs is 7. The van der Waals surface area contributed by atoms with E-state index in [0.29, 0.717) is 6.04 Å². The molecule has 0 amide bonds. The Morgan fingerprint density at radius 3 is 1.97 bits per heavy atom. The van der Waals surface area contributed by atoms with Crippen molar-refractivity contribution in [1.82, 2.24) is 10.4 Å². The predicted octanol–water partition coefficient (Wildman–Crippen LogP) is 6.00. The molecule has 1 saturated heterocycles. The number of nitrogens with one attached hydrogen (secondary N) is 2. The molecule has 2 aliphatic heterocycles. The van der Waals surface area contributed by atoms with Crippen molar-refractivity contribution in [1.29, 1.82) is 0 Å². The highest BCUT2D eigenvalue weighted by atomic mass is 32.5. The van der Waals surface area contributed by atoms with Crippen LogP contribution >= 0.6 is 6.64 Å². The van der Waals surface area contributed by atoms with E-state index >= 15 is 0 Å². The fourth-order valence-corrected chi connectivity index (χ4v) is 6.80. The van der Waals surface area contributed by atoms with Gasteiger partial charge in [0.1, 0.15) is 11.5 Å². The number of hydrogen-bond acceptors (Lipinski definition) is 4. The van der Waals surface area contributed by atoms with Crippen molar-refractivity contribution in [3.63, 3.8) is 0 Å². The van der Waals surface area contributed by atoms with Crippen molar-refractivity contribution < 1.29 is 9.05 Å². The molecule has 4 aromatic rings. The lowest BCUT2D eigenvalue weighted by atomic mass is 9.92. The summed E-state index contributed by atoms with van der Waals surface area (Å²) < 4.78 is 13.0. The van der Waals surface area contributed by atoms with Gasteiger partial charge in [-0.05, 0) is 53.1 Å². The molecule has 156 valence electrons. The average Bonchev–Trinajstić information content (AvgIpc) is 3.27. The second kappa shape index (κ2) is 7.61. The highest BCUT2D eigenvalue weighted by Crippen LogP contribution is 2.57. The fraction of sp³-hybridized carbons (Fsp3) is 0.200. The smallest absolute Gasteiger partial charge is 0.365 e. The molecule has 0 bridgehead atoms. The van der Waals surface area contributed by atoms with Gasteiger partial charge in [-0.2, -0.15) is 0 Å². The Labute approximate surface area is 186 Å². The van der Waals surface area contributed by atoms with Gasteiger partial charge in [-0.1, -0.05) is 60.7 Å². The zero-order valence-corrected chi connectivity index (χ0v) is 18.7. The molecule has 6 heteroatoms. The minimum absolute atomic E-state index is 0.405. The molecule has 4 nitrogen and oxygen atoms in total. The van der Waals surface area contributed by atoms with Gasteiger partial charge >= 0.3 is 6.64 Å². The van der Waals surface area contributed by atoms with Crippen molar-refractivity contribution in [2.75, 3.05) is 13.1 Å². The van der Waals surface area contributed by atoms with Crippen LogP contribution in [0.4, 0.5) is 0 Å². The van der Waals surface area contributed by atoms with E-state index in [2.05, 4.69) is 71.1 Å². The summed E-state index contributed by atoms with van der Waals surface area (Å²) in [4.78, 5) is 0. The van der Waals surface area contributed by atoms with Crippen molar-refractivity contribution >= 4 is 40.0 Å². The molecule has 0 unspecified atom stereocenters. The third-order valence-corrected chi connectivity index (χ3v) is 8.44. The summed E-state index contributed by atoms with van der Waals surface area (Å²) >= 11 is 6.00. The Kier molecular flexibility index (Phi) is 4.73. The second-order valence-electron chi connectivity index (χ2n) is 8.16. The van der Waals surface area contributed by atoms with E-state index in [-0.39, 0.29) is 0 Å². The molecule has 2 heterocycles. The summed E-state index contributed by atoms with van der Waals surface area (Å²) in [7, 11) is 0. The lowest BCUT2D eigenvalue weighted by Gasteiger charge is -2.24. The lowest BCUT2D eigenvalue weighted by molar-refractivity contribution is 0.468. The van der Waals surface area contributed by atoms with Crippen LogP contribution in [0.1, 0.15) is 12.8 Å². The normalized spacial score (nSPS) is 19.3. The molecule has 31 heavy (non-hydrogen) atoms. The number of benzene rings is 4. The topological polar surface area (TPSA) is 42.5 Å². The summed E-state index contributed by atoms with van der Waals surface area (Å²) in [6, 6.07) is 25.5. The second-order valence-corrected chi connectivity index (χ2v) is 11.3. The summed E-state index contributed by atoms with van der Waals surface area (Å²) in [5, 5.41) is 11.6. The van der Waals surface area contributed by atoms with Gasteiger partial charge < -0.3 is 14.4 Å². The Morgan fingerprint density at radius 2 is 1.42 bits per heavy atom. The molecule has 0 aliphatic carbocycles. The first-order valence-electron chi connectivity index (χ1n) is 10.7. The van der Waals surface area contributed by atoms with Gasteiger partial charge in [-0.3, -0.25) is 0 Å². The molecule has 4 aromatic carbocycles. The van der Waals surface area contributed by atoms with Gasteiger partial charge in [0.2, 0.25) is 0 Å². The van der Waals surface area contributed by atoms with E-state index in [1.807, 2.05) is 12.1 Å². The zero-order valence-electron chi connectivity index (χ0n) is 17.0. The maximum Gasteiger partial charge on any atom is 0.365 e. The van der Waals surface area contributed by atoms with Gasteiger partial charge in [0.05, 0.1) is 0 Å². The van der Waals surface area contributed by atoms with Gasteiger partial charge in [0, 0.05) is 35.5 Å². The van der Waals surface area contributed by atoms with Crippen molar-refractivity contribution in [3.05, 3.63) is 72.8 Å². The predicted molar refractivity (Wildman–Crippen MR) is 131 cm³/mol. The van der Waals surface area contributed by atoms with Crippen LogP contribution in [-0.2, 0) is 11.8 Å². The summed E-state index contributed by atoms with van der Waals surface area (Å²) in [6.07, 6.45) is 2.34. The van der Waals surface area contributed by atoms with Gasteiger partial charge in [0.25, 0.3) is 0 Å². The lowest BCUT2D eigenvalue weighted by Crippen LogP contribution is -2.34. The first-order valence-corrected chi connectivity index (χ1v) is 13.4. The van der Waals surface area contributed by atoms with E-state index in [0.717, 1.165) is 52.9 Å². The summed E-state index contributed by atoms with van der Waals surface area (Å²) in [5.41, 5.74) is 2.11. The van der Waals surface area contributed by atoms with Crippen LogP contribution in [0.2, 0.25) is 0 Å². The maximum atomic E-state index is 6.51. The Balaban J connectivity index is 1.57. The maximum absolute atomic E-state index is 6.51. The first kappa shape index (κ1) is 19.3. The van der Waals surface area contributed by atoms with E-state index in [9.17, 15) is 0 Å². The molecular weight excluding hydrogens is 423 g/mol. The largest absolute Gasteiger partial charge is 0.424 e. The van der Waals surface area contributed by atoms with Crippen molar-refractivity contribution in [2.45, 2.75) is 18.9 Å². The van der Waals surface area contributed by atoms with Crippen LogP contribution in [-0.4, -0.2) is 19.1 Å². The van der Waals surface area contributed by atoms with Gasteiger partial charge in [-0.15, -0.1) is 0 Å². The first-order chi connectivity index (χ1) is 15.2. The van der Waals surface area contributed by atoms with E-state index in [1.165, 1.54) is 17.2 Å². The van der Waals surface area contributed by atoms with Gasteiger partial charge in [0.15, 0.2) is 0 Å². The van der Waals surface area contributed by atoms with Crippen molar-refractivity contribution in [3.8, 4) is 22.6 Å². The standard InChI is InChI=1S/C25H23N2O2PS/c31-30(27-16-19-8-5-15-26-19)28-22-13-11-17-6-1-3-9-20(17)24(22)25-21-10-4-2-7-18(21)12-14-23(25)29-30/h1-4,6-7,9-14,19,26H,5,8,15-16H2,(H,27,31)/t19-/m1/s1. The molecule has 1 fully saturated rings. The molecule has 1 atom stereocenters. The molecule has 0 radical (unpaired) electrons. The Hall–Kier alpha value is -2.43. The third-order valence-electron chi connectivity index (χ3n) is 6.16. The van der Waals surface area contributed by atoms with E-state index in [1.54, 1.807) is 0 Å². The molecule has 0 aromatic heterocycles. The third kappa shape index (κ3) is 3.42. The summed E-state index contributed by atoms with van der Waals surface area (Å²) in [5.74, 6) is 1.56. The monoisotopic (exact) mass is 446 g/mol. The van der Waals surface area contributed by atoms with E-state index < -0.39 is 6.64 Å². The minimum Gasteiger partial charge on any atom is -0.424 e. The number of hydrogen-bond donors (Lipinski definition) is 2. The number of rotatable bonds is 3. The van der Waals surface area contributed by atoms with Crippen LogP contribution in [0, 0.1) is 0 Å².